The summed E-state index contributed by atoms with van der Waals surface area (Å²) in [6, 6.07) is 2.13. The number of hydrogen-bond acceptors (Lipinski definition) is 4. The van der Waals surface area contributed by atoms with E-state index in [0.717, 1.165) is 25.3 Å². The molecule has 6 nitrogen and oxygen atoms in total. The number of hydrogen-bond donors (Lipinski definition) is 2. The highest BCUT2D eigenvalue weighted by molar-refractivity contribution is 7.90. The van der Waals surface area contributed by atoms with Crippen LogP contribution in [0.4, 0.5) is 10.1 Å². The molecule has 0 saturated heterocycles. The van der Waals surface area contributed by atoms with Crippen molar-refractivity contribution in [3.63, 3.8) is 0 Å². The third-order valence-electron chi connectivity index (χ3n) is 3.84. The molecule has 1 aromatic carbocycles. The Bertz CT molecular complexity index is 747. The second-order valence-electron chi connectivity index (χ2n) is 5.46. The number of halogens is 2. The van der Waals surface area contributed by atoms with Gasteiger partial charge in [-0.3, -0.25) is 0 Å². The monoisotopic (exact) mass is 347 g/mol. The number of sulfonamides is 1. The first-order valence-electron chi connectivity index (χ1n) is 6.73. The van der Waals surface area contributed by atoms with Gasteiger partial charge in [-0.25, -0.2) is 22.5 Å². The molecule has 3 rings (SSSR count). The van der Waals surface area contributed by atoms with E-state index in [1.54, 1.807) is 7.11 Å². The van der Waals surface area contributed by atoms with Crippen LogP contribution in [0.5, 0.6) is 0 Å². The Labute approximate surface area is 132 Å². The number of rotatable bonds is 3. The van der Waals surface area contributed by atoms with Gasteiger partial charge >= 0.3 is 0 Å². The zero-order valence-electron chi connectivity index (χ0n) is 11.8. The van der Waals surface area contributed by atoms with Crippen LogP contribution in [0.1, 0.15) is 19.3 Å². The van der Waals surface area contributed by atoms with Crippen LogP contribution in [0.2, 0.25) is 5.02 Å². The Balaban J connectivity index is 2.00. The second-order valence-corrected chi connectivity index (χ2v) is 7.52. The lowest BCUT2D eigenvalue weighted by Crippen LogP contribution is -2.47. The van der Waals surface area contributed by atoms with Gasteiger partial charge in [-0.05, 0) is 31.4 Å². The summed E-state index contributed by atoms with van der Waals surface area (Å²) >= 11 is 5.72. The molecule has 0 atom stereocenters. The first-order chi connectivity index (χ1) is 10.4. The Morgan fingerprint density at radius 1 is 1.45 bits per heavy atom. The molecular formula is C13H15ClFN3O3S. The maximum Gasteiger partial charge on any atom is 0.266 e. The van der Waals surface area contributed by atoms with Crippen molar-refractivity contribution in [1.29, 1.82) is 0 Å². The standard InChI is InChI=1S/C13H15ClFN3O3S/c1-21-7-13(3-2-4-13)17-12-16-10-5-8(14)9(15)6-11(10)22(19,20)18-12/h5-6H,2-4,7H2,1H3,(H2,16,17,18). The highest BCUT2D eigenvalue weighted by atomic mass is 35.5. The smallest absolute Gasteiger partial charge is 0.266 e. The van der Waals surface area contributed by atoms with Gasteiger partial charge in [-0.1, -0.05) is 11.6 Å². The van der Waals surface area contributed by atoms with Crippen molar-refractivity contribution in [2.75, 3.05) is 19.0 Å². The number of guanidine groups is 1. The van der Waals surface area contributed by atoms with Crippen molar-refractivity contribution in [2.45, 2.75) is 29.7 Å². The van der Waals surface area contributed by atoms with Crippen LogP contribution in [0, 0.1) is 5.82 Å². The largest absolute Gasteiger partial charge is 0.382 e. The summed E-state index contributed by atoms with van der Waals surface area (Å²) in [6.07, 6.45) is 2.66. The Morgan fingerprint density at radius 2 is 2.18 bits per heavy atom. The summed E-state index contributed by atoms with van der Waals surface area (Å²) in [6.45, 7) is 0.414. The fourth-order valence-electron chi connectivity index (χ4n) is 2.61. The molecule has 1 saturated carbocycles. The first kappa shape index (κ1) is 15.5. The normalized spacial score (nSPS) is 23.1. The summed E-state index contributed by atoms with van der Waals surface area (Å²) in [4.78, 5) is 4.27. The molecule has 2 aliphatic rings. The lowest BCUT2D eigenvalue weighted by Gasteiger charge is -2.38. The maximum absolute atomic E-state index is 13.5. The molecule has 22 heavy (non-hydrogen) atoms. The van der Waals surface area contributed by atoms with Gasteiger partial charge in [0, 0.05) is 7.11 Å². The van der Waals surface area contributed by atoms with Crippen molar-refractivity contribution in [3.8, 4) is 0 Å². The first-order valence-corrected chi connectivity index (χ1v) is 8.59. The molecule has 1 aromatic rings. The molecule has 1 aliphatic heterocycles. The molecule has 0 radical (unpaired) electrons. The number of nitrogens with zero attached hydrogens (tertiary/aromatic N) is 1. The predicted molar refractivity (Wildman–Crippen MR) is 81.2 cm³/mol. The summed E-state index contributed by atoms with van der Waals surface area (Å²) < 4.78 is 45.4. The fraction of sp³-hybridized carbons (Fsp3) is 0.462. The van der Waals surface area contributed by atoms with Gasteiger partial charge < -0.3 is 10.1 Å². The topological polar surface area (TPSA) is 79.8 Å². The van der Waals surface area contributed by atoms with E-state index in [1.165, 1.54) is 6.07 Å². The third kappa shape index (κ3) is 2.66. The van der Waals surface area contributed by atoms with Gasteiger partial charge in [0.1, 0.15) is 10.7 Å². The van der Waals surface area contributed by atoms with E-state index in [1.807, 2.05) is 0 Å². The van der Waals surface area contributed by atoms with Crippen molar-refractivity contribution in [2.24, 2.45) is 4.99 Å². The average Bonchev–Trinajstić information content (AvgIpc) is 2.38. The lowest BCUT2D eigenvalue weighted by atomic mass is 9.78. The van der Waals surface area contributed by atoms with Crippen molar-refractivity contribution >= 4 is 33.3 Å². The molecule has 0 bridgehead atoms. The van der Waals surface area contributed by atoms with Gasteiger partial charge in [-0.2, -0.15) is 0 Å². The minimum Gasteiger partial charge on any atom is -0.382 e. The van der Waals surface area contributed by atoms with Gasteiger partial charge in [0.2, 0.25) is 5.96 Å². The molecular weight excluding hydrogens is 333 g/mol. The summed E-state index contributed by atoms with van der Waals surface area (Å²) in [7, 11) is -2.30. The minimum atomic E-state index is -3.88. The van der Waals surface area contributed by atoms with E-state index in [-0.39, 0.29) is 21.6 Å². The van der Waals surface area contributed by atoms with E-state index in [9.17, 15) is 12.8 Å². The molecule has 1 aliphatic carbocycles. The third-order valence-corrected chi connectivity index (χ3v) is 5.51. The number of aliphatic imine (C=N–C) groups is 1. The molecule has 0 unspecified atom stereocenters. The Hall–Kier alpha value is -1.38. The predicted octanol–water partition coefficient (Wildman–Crippen LogP) is 2.11. The van der Waals surface area contributed by atoms with Crippen LogP contribution in [-0.4, -0.2) is 33.6 Å². The molecule has 120 valence electrons. The van der Waals surface area contributed by atoms with Crippen LogP contribution in [0.15, 0.2) is 22.0 Å². The van der Waals surface area contributed by atoms with Gasteiger partial charge in [0.05, 0.1) is 22.9 Å². The highest BCUT2D eigenvalue weighted by Crippen LogP contribution is 2.37. The van der Waals surface area contributed by atoms with E-state index < -0.39 is 21.4 Å². The molecule has 1 heterocycles. The zero-order valence-corrected chi connectivity index (χ0v) is 13.4. The van der Waals surface area contributed by atoms with Crippen molar-refractivity contribution in [3.05, 3.63) is 23.0 Å². The number of ether oxygens (including phenoxy) is 1. The maximum atomic E-state index is 13.5. The van der Waals surface area contributed by atoms with Gasteiger partial charge in [-0.15, -0.1) is 0 Å². The van der Waals surface area contributed by atoms with Crippen molar-refractivity contribution in [1.82, 2.24) is 4.72 Å². The number of anilines is 1. The van der Waals surface area contributed by atoms with Crippen LogP contribution in [-0.2, 0) is 14.8 Å². The van der Waals surface area contributed by atoms with Crippen LogP contribution in [0.3, 0.4) is 0 Å². The molecule has 0 spiro atoms. The van der Waals surface area contributed by atoms with Crippen LogP contribution < -0.4 is 10.0 Å². The minimum absolute atomic E-state index is 0.104. The molecule has 0 amide bonds. The fourth-order valence-corrected chi connectivity index (χ4v) is 3.90. The quantitative estimate of drug-likeness (QED) is 0.877. The zero-order chi connectivity index (χ0) is 16.0. The van der Waals surface area contributed by atoms with Crippen LogP contribution in [0.25, 0.3) is 0 Å². The number of nitrogens with one attached hydrogen (secondary N) is 2. The number of benzene rings is 1. The number of fused-ring (bicyclic) bond motifs is 1. The summed E-state index contributed by atoms with van der Waals surface area (Å²) in [5.41, 5.74) is -0.211. The van der Waals surface area contributed by atoms with E-state index in [4.69, 9.17) is 16.3 Å². The second kappa shape index (κ2) is 5.36. The molecule has 9 heteroatoms. The lowest BCUT2D eigenvalue weighted by molar-refractivity contribution is 0.0863. The molecule has 0 aromatic heterocycles. The molecule has 2 N–H and O–H groups in total. The highest BCUT2D eigenvalue weighted by Gasteiger charge is 2.39. The van der Waals surface area contributed by atoms with Crippen molar-refractivity contribution < 1.29 is 17.5 Å². The summed E-state index contributed by atoms with van der Waals surface area (Å²) in [5, 5.41) is 2.70. The Kier molecular flexibility index (Phi) is 3.78. The average molecular weight is 348 g/mol. The Morgan fingerprint density at radius 3 is 2.77 bits per heavy atom. The van der Waals surface area contributed by atoms with Crippen LogP contribution >= 0.6 is 11.6 Å². The van der Waals surface area contributed by atoms with Gasteiger partial charge in [0.15, 0.2) is 0 Å². The van der Waals surface area contributed by atoms with Gasteiger partial charge in [0.25, 0.3) is 10.0 Å². The molecule has 1 fully saturated rings. The van der Waals surface area contributed by atoms with E-state index in [2.05, 4.69) is 15.0 Å². The summed E-state index contributed by atoms with van der Waals surface area (Å²) in [5.74, 6) is -0.685. The number of methoxy groups -OCH3 is 1. The van der Waals surface area contributed by atoms with E-state index in [0.29, 0.717) is 6.61 Å². The SMILES string of the molecule is COCC1(N=C2Nc3cc(Cl)c(F)cc3S(=O)(=O)N2)CCC1. The van der Waals surface area contributed by atoms with E-state index >= 15 is 0 Å².